The molecule has 0 aromatic carbocycles. The van der Waals surface area contributed by atoms with Gasteiger partial charge in [-0.2, -0.15) is 10.6 Å². The zero-order valence-electron chi connectivity index (χ0n) is 5.49. The zero-order valence-corrected chi connectivity index (χ0v) is 5.49. The Bertz CT molecular complexity index is 256. The van der Waals surface area contributed by atoms with E-state index in [1.807, 2.05) is 0 Å². The summed E-state index contributed by atoms with van der Waals surface area (Å²) in [6.45, 7) is 0. The number of nitrogens with zero attached hydrogens (tertiary/aromatic N) is 5. The van der Waals surface area contributed by atoms with Gasteiger partial charge in [0, 0.05) is 0 Å². The highest BCUT2D eigenvalue weighted by atomic mass is 16.6. The van der Waals surface area contributed by atoms with Gasteiger partial charge in [-0.3, -0.25) is 5.21 Å². The van der Waals surface area contributed by atoms with Crippen molar-refractivity contribution in [2.75, 3.05) is 5.23 Å². The van der Waals surface area contributed by atoms with Crippen molar-refractivity contribution in [3.8, 4) is 0 Å². The Morgan fingerprint density at radius 3 is 2.91 bits per heavy atom. The van der Waals surface area contributed by atoms with Crippen molar-refractivity contribution >= 4 is 6.34 Å². The first-order chi connectivity index (χ1) is 5.38. The van der Waals surface area contributed by atoms with Crippen LogP contribution in [0.4, 0.5) is 0 Å². The van der Waals surface area contributed by atoms with Gasteiger partial charge in [0.15, 0.2) is 6.34 Å². The van der Waals surface area contributed by atoms with Gasteiger partial charge < -0.3 is 0 Å². The Balaban J connectivity index is 2.19. The lowest BCUT2D eigenvalue weighted by atomic mass is 10.8. The summed E-state index contributed by atoms with van der Waals surface area (Å²) in [6, 6.07) is 1.73. The van der Waals surface area contributed by atoms with Crippen LogP contribution in [0.1, 0.15) is 0 Å². The normalized spacial score (nSPS) is 15.7. The Morgan fingerprint density at radius 2 is 2.36 bits per heavy atom. The van der Waals surface area contributed by atoms with E-state index >= 15 is 0 Å². The second-order valence-electron chi connectivity index (χ2n) is 1.88. The molecule has 0 fully saturated rings. The molecule has 58 valence electrons. The molecule has 0 aliphatic carbocycles. The molecule has 11 heavy (non-hydrogen) atoms. The van der Waals surface area contributed by atoms with Gasteiger partial charge in [0.05, 0.1) is 12.4 Å². The molecule has 2 rings (SSSR count). The third kappa shape index (κ3) is 0.867. The molecular weight excluding hydrogens is 148 g/mol. The number of aromatic nitrogens is 2. The lowest BCUT2D eigenvalue weighted by Crippen LogP contribution is -2.49. The largest absolute Gasteiger partial charge is 0.265 e. The SMILES string of the molecule is ON1C=NNN1n1cccn1. The highest BCUT2D eigenvalue weighted by Crippen LogP contribution is 1.92. The van der Waals surface area contributed by atoms with Crippen LogP contribution in [-0.4, -0.2) is 26.6 Å². The third-order valence-electron chi connectivity index (χ3n) is 1.19. The smallest absolute Gasteiger partial charge is 0.165 e. The number of nitrogens with one attached hydrogen (secondary N) is 1. The number of hydrogen-bond acceptors (Lipinski definition) is 6. The maximum absolute atomic E-state index is 9.05. The Kier molecular flexibility index (Phi) is 1.16. The minimum Gasteiger partial charge on any atom is -0.265 e. The molecule has 0 atom stereocenters. The first-order valence-electron chi connectivity index (χ1n) is 2.95. The standard InChI is InChI=1S/C4H6N6O/c11-9-4-5-7-10(9)8-3-1-2-6-8/h1-4,7,11H. The first-order valence-corrected chi connectivity index (χ1v) is 2.95. The van der Waals surface area contributed by atoms with Crippen LogP contribution in [0.2, 0.25) is 0 Å². The summed E-state index contributed by atoms with van der Waals surface area (Å²) in [5.41, 5.74) is 2.49. The number of hydroxylamine groups is 1. The number of rotatable bonds is 1. The van der Waals surface area contributed by atoms with E-state index in [9.17, 15) is 0 Å². The van der Waals surface area contributed by atoms with Crippen molar-refractivity contribution in [1.82, 2.24) is 20.6 Å². The van der Waals surface area contributed by atoms with Crippen LogP contribution in [-0.2, 0) is 0 Å². The van der Waals surface area contributed by atoms with Crippen LogP contribution in [0.15, 0.2) is 23.6 Å². The molecule has 0 saturated heterocycles. The summed E-state index contributed by atoms with van der Waals surface area (Å²) in [5.74, 6) is 0. The number of hydrazine groups is 2. The van der Waals surface area contributed by atoms with Crippen molar-refractivity contribution < 1.29 is 5.21 Å². The number of hydrogen-bond donors (Lipinski definition) is 2. The molecule has 0 unspecified atom stereocenters. The molecule has 2 N–H and O–H groups in total. The highest BCUT2D eigenvalue weighted by Gasteiger charge is 2.14. The molecule has 1 aliphatic rings. The monoisotopic (exact) mass is 154 g/mol. The van der Waals surface area contributed by atoms with E-state index in [4.69, 9.17) is 5.21 Å². The molecule has 0 saturated carbocycles. The maximum Gasteiger partial charge on any atom is 0.165 e. The highest BCUT2D eigenvalue weighted by molar-refractivity contribution is 5.55. The number of hydrazone groups is 1. The topological polar surface area (TPSA) is 68.9 Å². The second-order valence-corrected chi connectivity index (χ2v) is 1.88. The lowest BCUT2D eigenvalue weighted by molar-refractivity contribution is -0.0502. The van der Waals surface area contributed by atoms with E-state index in [-0.39, 0.29) is 0 Å². The predicted octanol–water partition coefficient (Wildman–Crippen LogP) is -1.11. The minimum absolute atomic E-state index is 0.771. The van der Waals surface area contributed by atoms with E-state index < -0.39 is 0 Å². The molecule has 7 heteroatoms. The van der Waals surface area contributed by atoms with Crippen molar-refractivity contribution in [1.29, 1.82) is 0 Å². The van der Waals surface area contributed by atoms with Gasteiger partial charge in [-0.1, -0.05) is 5.23 Å². The maximum atomic E-state index is 9.05. The van der Waals surface area contributed by atoms with E-state index in [1.54, 1.807) is 18.5 Å². The Hall–Kier alpha value is -1.76. The fourth-order valence-corrected chi connectivity index (χ4v) is 0.736. The van der Waals surface area contributed by atoms with Crippen LogP contribution in [0.3, 0.4) is 0 Å². The quantitative estimate of drug-likeness (QED) is 0.536. The molecule has 2 heterocycles. The second kappa shape index (κ2) is 2.13. The molecule has 0 amide bonds. The summed E-state index contributed by atoms with van der Waals surface area (Å²) < 4.78 is 0. The lowest BCUT2D eigenvalue weighted by Gasteiger charge is -2.20. The van der Waals surface area contributed by atoms with E-state index in [0.29, 0.717) is 0 Å². The fourth-order valence-electron chi connectivity index (χ4n) is 0.736. The molecule has 7 nitrogen and oxygen atoms in total. The fraction of sp³-hybridized carbons (Fsp3) is 0. The van der Waals surface area contributed by atoms with Crippen LogP contribution in [0.5, 0.6) is 0 Å². The van der Waals surface area contributed by atoms with Crippen molar-refractivity contribution in [2.24, 2.45) is 5.10 Å². The van der Waals surface area contributed by atoms with E-state index in [1.165, 1.54) is 16.4 Å². The molecule has 1 aromatic rings. The average molecular weight is 154 g/mol. The Morgan fingerprint density at radius 1 is 1.45 bits per heavy atom. The van der Waals surface area contributed by atoms with Gasteiger partial charge in [-0.25, -0.2) is 0 Å². The minimum atomic E-state index is 0.771. The zero-order chi connectivity index (χ0) is 7.68. The van der Waals surface area contributed by atoms with E-state index in [0.717, 1.165) is 5.17 Å². The van der Waals surface area contributed by atoms with Crippen LogP contribution in [0.25, 0.3) is 0 Å². The molecule has 0 bridgehead atoms. The Labute approximate surface area is 62.0 Å². The summed E-state index contributed by atoms with van der Waals surface area (Å²) in [7, 11) is 0. The summed E-state index contributed by atoms with van der Waals surface area (Å²) in [6.07, 6.45) is 4.46. The van der Waals surface area contributed by atoms with Gasteiger partial charge in [-0.15, -0.1) is 15.1 Å². The van der Waals surface area contributed by atoms with Gasteiger partial charge in [0.1, 0.15) is 0 Å². The van der Waals surface area contributed by atoms with Gasteiger partial charge in [0.2, 0.25) is 0 Å². The van der Waals surface area contributed by atoms with Crippen LogP contribution in [0, 0.1) is 0 Å². The van der Waals surface area contributed by atoms with Crippen molar-refractivity contribution in [2.45, 2.75) is 0 Å². The molecule has 1 aromatic heterocycles. The van der Waals surface area contributed by atoms with Crippen molar-refractivity contribution in [3.05, 3.63) is 18.5 Å². The van der Waals surface area contributed by atoms with Crippen LogP contribution >= 0.6 is 0 Å². The molecular formula is C4H6N6O. The van der Waals surface area contributed by atoms with Gasteiger partial charge in [-0.05, 0) is 6.07 Å². The summed E-state index contributed by atoms with van der Waals surface area (Å²) in [4.78, 5) is 1.38. The molecule has 0 spiro atoms. The average Bonchev–Trinajstić information content (AvgIpc) is 2.55. The van der Waals surface area contributed by atoms with Gasteiger partial charge in [0.25, 0.3) is 0 Å². The third-order valence-corrected chi connectivity index (χ3v) is 1.19. The van der Waals surface area contributed by atoms with E-state index in [2.05, 4.69) is 15.7 Å². The summed E-state index contributed by atoms with van der Waals surface area (Å²) >= 11 is 0. The van der Waals surface area contributed by atoms with Gasteiger partial charge >= 0.3 is 0 Å². The van der Waals surface area contributed by atoms with Crippen molar-refractivity contribution in [3.63, 3.8) is 0 Å². The first kappa shape index (κ1) is 5.98. The molecule has 0 radical (unpaired) electrons. The summed E-state index contributed by atoms with van der Waals surface area (Å²) in [5, 5.41) is 18.4. The molecule has 1 aliphatic heterocycles. The predicted molar refractivity (Wildman–Crippen MR) is 35.7 cm³/mol. The van der Waals surface area contributed by atoms with Crippen LogP contribution < -0.4 is 10.8 Å².